The van der Waals surface area contributed by atoms with Crippen molar-refractivity contribution in [3.05, 3.63) is 29.8 Å². The lowest BCUT2D eigenvalue weighted by molar-refractivity contribution is 0.0513. The average Bonchev–Trinajstić information content (AvgIpc) is 2.71. The normalized spacial score (nSPS) is 16.2. The van der Waals surface area contributed by atoms with Crippen LogP contribution in [-0.2, 0) is 14.9 Å². The molecule has 1 aliphatic heterocycles. The van der Waals surface area contributed by atoms with E-state index >= 15 is 0 Å². The van der Waals surface area contributed by atoms with Crippen molar-refractivity contribution in [2.45, 2.75) is 38.5 Å². The first-order valence-corrected chi connectivity index (χ1v) is 10.1. The van der Waals surface area contributed by atoms with Crippen molar-refractivity contribution >= 4 is 29.9 Å². The third-order valence-corrected chi connectivity index (χ3v) is 5.01. The van der Waals surface area contributed by atoms with E-state index in [0.717, 1.165) is 70.5 Å². The predicted octanol–water partition coefficient (Wildman–Crippen LogP) is 3.34. The van der Waals surface area contributed by atoms with Gasteiger partial charge in [-0.15, -0.1) is 24.0 Å². The zero-order chi connectivity index (χ0) is 19.4. The van der Waals surface area contributed by atoms with Crippen LogP contribution in [0, 0.1) is 0 Å². The fourth-order valence-electron chi connectivity index (χ4n) is 3.40. The third kappa shape index (κ3) is 7.75. The SMILES string of the molecule is CCOCCCNC(=NC)NCC1(c2ccc(OCC)cc2)CCOCC1.I. The lowest BCUT2D eigenvalue weighted by atomic mass is 9.74. The molecule has 1 fully saturated rings. The Morgan fingerprint density at radius 2 is 1.82 bits per heavy atom. The molecule has 1 aromatic carbocycles. The standard InChI is InChI=1S/C21H35N3O3.HI/c1-4-25-14-6-13-23-20(22-3)24-17-21(11-15-26-16-12-21)18-7-9-19(10-8-18)27-5-2;/h7-10H,4-6,11-17H2,1-3H3,(H2,22,23,24);1H. The van der Waals surface area contributed by atoms with E-state index in [1.807, 2.05) is 20.9 Å². The molecule has 0 unspecified atom stereocenters. The second kappa shape index (κ2) is 14.0. The summed E-state index contributed by atoms with van der Waals surface area (Å²) in [6.07, 6.45) is 2.96. The van der Waals surface area contributed by atoms with Gasteiger partial charge in [0.05, 0.1) is 6.61 Å². The van der Waals surface area contributed by atoms with Gasteiger partial charge in [0.15, 0.2) is 5.96 Å². The van der Waals surface area contributed by atoms with Gasteiger partial charge < -0.3 is 24.8 Å². The zero-order valence-electron chi connectivity index (χ0n) is 17.5. The number of benzene rings is 1. The van der Waals surface area contributed by atoms with E-state index in [2.05, 4.69) is 39.9 Å². The molecule has 6 nitrogen and oxygen atoms in total. The van der Waals surface area contributed by atoms with Gasteiger partial charge in [0.25, 0.3) is 0 Å². The highest BCUT2D eigenvalue weighted by Crippen LogP contribution is 2.35. The Balaban J connectivity index is 0.00000392. The van der Waals surface area contributed by atoms with Gasteiger partial charge in [0.2, 0.25) is 0 Å². The largest absolute Gasteiger partial charge is 0.494 e. The molecule has 0 aromatic heterocycles. The highest BCUT2D eigenvalue weighted by molar-refractivity contribution is 14.0. The van der Waals surface area contributed by atoms with E-state index in [-0.39, 0.29) is 29.4 Å². The molecule has 2 N–H and O–H groups in total. The summed E-state index contributed by atoms with van der Waals surface area (Å²) in [6, 6.07) is 8.51. The summed E-state index contributed by atoms with van der Waals surface area (Å²) in [7, 11) is 1.81. The molecular formula is C21H36IN3O3. The molecule has 28 heavy (non-hydrogen) atoms. The molecule has 0 radical (unpaired) electrons. The number of nitrogens with one attached hydrogen (secondary N) is 2. The smallest absolute Gasteiger partial charge is 0.191 e. The van der Waals surface area contributed by atoms with Crippen molar-refractivity contribution in [3.8, 4) is 5.75 Å². The minimum Gasteiger partial charge on any atom is -0.494 e. The summed E-state index contributed by atoms with van der Waals surface area (Å²) in [6.45, 7) is 9.49. The van der Waals surface area contributed by atoms with Gasteiger partial charge in [-0.05, 0) is 50.8 Å². The predicted molar refractivity (Wildman–Crippen MR) is 125 cm³/mol. The summed E-state index contributed by atoms with van der Waals surface area (Å²) >= 11 is 0. The highest BCUT2D eigenvalue weighted by Gasteiger charge is 2.34. The van der Waals surface area contributed by atoms with E-state index in [0.29, 0.717) is 6.61 Å². The van der Waals surface area contributed by atoms with Crippen molar-refractivity contribution in [1.29, 1.82) is 0 Å². The van der Waals surface area contributed by atoms with Crippen LogP contribution in [-0.4, -0.2) is 59.1 Å². The Hall–Kier alpha value is -1.06. The van der Waals surface area contributed by atoms with E-state index in [4.69, 9.17) is 14.2 Å². The van der Waals surface area contributed by atoms with Gasteiger partial charge in [-0.2, -0.15) is 0 Å². The van der Waals surface area contributed by atoms with Gasteiger partial charge in [0, 0.05) is 52.0 Å². The first-order chi connectivity index (χ1) is 13.2. The van der Waals surface area contributed by atoms with Crippen molar-refractivity contribution in [2.75, 3.05) is 53.2 Å². The van der Waals surface area contributed by atoms with Gasteiger partial charge in [-0.1, -0.05) is 12.1 Å². The average molecular weight is 505 g/mol. The minimum absolute atomic E-state index is 0. The topological polar surface area (TPSA) is 64.1 Å². The zero-order valence-corrected chi connectivity index (χ0v) is 19.8. The van der Waals surface area contributed by atoms with Crippen LogP contribution in [0.2, 0.25) is 0 Å². The Morgan fingerprint density at radius 1 is 1.11 bits per heavy atom. The monoisotopic (exact) mass is 505 g/mol. The second-order valence-electron chi connectivity index (χ2n) is 6.75. The molecule has 0 saturated carbocycles. The summed E-state index contributed by atoms with van der Waals surface area (Å²) < 4.78 is 16.6. The van der Waals surface area contributed by atoms with Gasteiger partial charge in [-0.3, -0.25) is 4.99 Å². The summed E-state index contributed by atoms with van der Waals surface area (Å²) in [5.41, 5.74) is 1.37. The van der Waals surface area contributed by atoms with Crippen LogP contribution in [0.25, 0.3) is 0 Å². The van der Waals surface area contributed by atoms with E-state index in [9.17, 15) is 0 Å². The van der Waals surface area contributed by atoms with Crippen molar-refractivity contribution in [2.24, 2.45) is 4.99 Å². The fraction of sp³-hybridized carbons (Fsp3) is 0.667. The maximum atomic E-state index is 5.63. The van der Waals surface area contributed by atoms with E-state index < -0.39 is 0 Å². The Bertz CT molecular complexity index is 561. The highest BCUT2D eigenvalue weighted by atomic mass is 127. The molecule has 1 heterocycles. The van der Waals surface area contributed by atoms with Crippen molar-refractivity contribution in [1.82, 2.24) is 10.6 Å². The molecule has 0 amide bonds. The van der Waals surface area contributed by atoms with Gasteiger partial charge >= 0.3 is 0 Å². The van der Waals surface area contributed by atoms with E-state index in [1.54, 1.807) is 0 Å². The maximum absolute atomic E-state index is 5.63. The van der Waals surface area contributed by atoms with Crippen LogP contribution in [0.4, 0.5) is 0 Å². The summed E-state index contributed by atoms with van der Waals surface area (Å²) in [4.78, 5) is 4.36. The molecule has 0 bridgehead atoms. The van der Waals surface area contributed by atoms with Gasteiger partial charge in [-0.25, -0.2) is 0 Å². The lowest BCUT2D eigenvalue weighted by Crippen LogP contribution is -2.48. The second-order valence-corrected chi connectivity index (χ2v) is 6.75. The number of hydrogen-bond donors (Lipinski definition) is 2. The van der Waals surface area contributed by atoms with Crippen LogP contribution in [0.3, 0.4) is 0 Å². The Labute approximate surface area is 186 Å². The Kier molecular flexibility index (Phi) is 12.5. The van der Waals surface area contributed by atoms with E-state index in [1.165, 1.54) is 5.56 Å². The molecule has 160 valence electrons. The first kappa shape index (κ1) is 25.0. The summed E-state index contributed by atoms with van der Waals surface area (Å²) in [5.74, 6) is 1.76. The van der Waals surface area contributed by atoms with Crippen LogP contribution in [0.5, 0.6) is 5.75 Å². The number of hydrogen-bond acceptors (Lipinski definition) is 4. The van der Waals surface area contributed by atoms with Crippen LogP contribution in [0.15, 0.2) is 29.3 Å². The minimum atomic E-state index is 0. The number of aliphatic imine (C=N–C) groups is 1. The quantitative estimate of drug-likeness (QED) is 0.221. The van der Waals surface area contributed by atoms with Crippen molar-refractivity contribution in [3.63, 3.8) is 0 Å². The van der Waals surface area contributed by atoms with Crippen LogP contribution >= 0.6 is 24.0 Å². The number of ether oxygens (including phenoxy) is 3. The number of rotatable bonds is 10. The molecule has 0 atom stereocenters. The Morgan fingerprint density at radius 3 is 2.43 bits per heavy atom. The molecule has 1 saturated heterocycles. The molecule has 7 heteroatoms. The third-order valence-electron chi connectivity index (χ3n) is 5.01. The van der Waals surface area contributed by atoms with Crippen molar-refractivity contribution < 1.29 is 14.2 Å². The lowest BCUT2D eigenvalue weighted by Gasteiger charge is -2.38. The van der Waals surface area contributed by atoms with Gasteiger partial charge in [0.1, 0.15) is 5.75 Å². The molecule has 2 rings (SSSR count). The molecule has 1 aromatic rings. The number of nitrogens with zero attached hydrogens (tertiary/aromatic N) is 1. The van der Waals surface area contributed by atoms with Crippen LogP contribution in [0.1, 0.15) is 38.7 Å². The molecule has 0 spiro atoms. The molecule has 0 aliphatic carbocycles. The maximum Gasteiger partial charge on any atom is 0.191 e. The summed E-state index contributed by atoms with van der Waals surface area (Å²) in [5, 5.41) is 6.89. The number of guanidine groups is 1. The first-order valence-electron chi connectivity index (χ1n) is 10.1. The van der Waals surface area contributed by atoms with Crippen LogP contribution < -0.4 is 15.4 Å². The fourth-order valence-corrected chi connectivity index (χ4v) is 3.40. The number of halogens is 1. The molecule has 1 aliphatic rings. The molecular weight excluding hydrogens is 469 g/mol.